The molecule has 0 unspecified atom stereocenters. The zero-order chi connectivity index (χ0) is 16.7. The summed E-state index contributed by atoms with van der Waals surface area (Å²) in [6, 6.07) is 4.43. The average molecular weight is 346 g/mol. The predicted octanol–water partition coefficient (Wildman–Crippen LogP) is 3.30. The first-order valence-corrected chi connectivity index (χ1v) is 9.14. The molecule has 4 nitrogen and oxygen atoms in total. The number of ether oxygens (including phenoxy) is 1. The highest BCUT2D eigenvalue weighted by Crippen LogP contribution is 2.33. The third-order valence-electron chi connectivity index (χ3n) is 4.69. The number of aryl methyl sites for hydroxylation is 1. The van der Waals surface area contributed by atoms with E-state index in [1.807, 2.05) is 11.8 Å². The Hall–Kier alpha value is -1.95. The third-order valence-corrected chi connectivity index (χ3v) is 5.82. The number of benzene rings is 1. The summed E-state index contributed by atoms with van der Waals surface area (Å²) in [5, 5.41) is 3.17. The maximum atomic E-state index is 13.3. The third kappa shape index (κ3) is 2.90. The Morgan fingerprint density at radius 2 is 2.33 bits per heavy atom. The van der Waals surface area contributed by atoms with E-state index in [0.29, 0.717) is 24.6 Å². The van der Waals surface area contributed by atoms with Crippen molar-refractivity contribution in [2.24, 2.45) is 0 Å². The van der Waals surface area contributed by atoms with Crippen molar-refractivity contribution in [1.29, 1.82) is 0 Å². The first-order valence-electron chi connectivity index (χ1n) is 8.26. The number of aromatic nitrogens is 1. The van der Waals surface area contributed by atoms with Crippen molar-refractivity contribution in [3.63, 3.8) is 0 Å². The predicted molar refractivity (Wildman–Crippen MR) is 89.9 cm³/mol. The lowest BCUT2D eigenvalue weighted by molar-refractivity contribution is -0.139. The van der Waals surface area contributed by atoms with Crippen LogP contribution in [0.2, 0.25) is 0 Å². The average Bonchev–Trinajstić information content (AvgIpc) is 3.20. The minimum absolute atomic E-state index is 0.00425. The number of rotatable bonds is 2. The van der Waals surface area contributed by atoms with Gasteiger partial charge in [0.1, 0.15) is 11.6 Å². The molecule has 4 rings (SSSR count). The van der Waals surface area contributed by atoms with Gasteiger partial charge in [-0.2, -0.15) is 0 Å². The lowest BCUT2D eigenvalue weighted by Crippen LogP contribution is -2.45. The van der Waals surface area contributed by atoms with Crippen molar-refractivity contribution in [3.8, 4) is 5.75 Å². The molecule has 1 aromatic heterocycles. The topological polar surface area (TPSA) is 42.4 Å². The van der Waals surface area contributed by atoms with E-state index >= 15 is 0 Å². The van der Waals surface area contributed by atoms with Crippen LogP contribution in [0.15, 0.2) is 23.6 Å². The summed E-state index contributed by atoms with van der Waals surface area (Å²) in [7, 11) is 0. The number of thiazole rings is 1. The van der Waals surface area contributed by atoms with Crippen molar-refractivity contribution >= 4 is 17.2 Å². The minimum atomic E-state index is -0.529. The van der Waals surface area contributed by atoms with Gasteiger partial charge in [-0.1, -0.05) is 0 Å². The van der Waals surface area contributed by atoms with Gasteiger partial charge in [-0.05, 0) is 38.0 Å². The van der Waals surface area contributed by atoms with Crippen molar-refractivity contribution in [1.82, 2.24) is 9.88 Å². The summed E-state index contributed by atoms with van der Waals surface area (Å²) >= 11 is 1.67. The van der Waals surface area contributed by atoms with E-state index in [0.717, 1.165) is 35.7 Å². The summed E-state index contributed by atoms with van der Waals surface area (Å²) in [4.78, 5) is 19.3. The highest BCUT2D eigenvalue weighted by Gasteiger charge is 2.35. The van der Waals surface area contributed by atoms with Gasteiger partial charge in [0.25, 0.3) is 5.91 Å². The first-order chi connectivity index (χ1) is 11.6. The van der Waals surface area contributed by atoms with Gasteiger partial charge >= 0.3 is 0 Å². The van der Waals surface area contributed by atoms with Crippen LogP contribution in [0.4, 0.5) is 4.39 Å². The Labute approximate surface area is 144 Å². The minimum Gasteiger partial charge on any atom is -0.480 e. The van der Waals surface area contributed by atoms with Crippen LogP contribution in [-0.2, 0) is 11.2 Å². The number of carbonyl (C=O) groups excluding carboxylic acids is 1. The largest absolute Gasteiger partial charge is 0.480 e. The summed E-state index contributed by atoms with van der Waals surface area (Å²) < 4.78 is 19.1. The monoisotopic (exact) mass is 346 g/mol. The molecule has 0 N–H and O–H groups in total. The van der Waals surface area contributed by atoms with Crippen molar-refractivity contribution in [2.75, 3.05) is 13.1 Å². The molecule has 0 spiro atoms. The fraction of sp³-hybridized carbons (Fsp3) is 0.444. The number of hydrogen-bond donors (Lipinski definition) is 0. The van der Waals surface area contributed by atoms with Gasteiger partial charge in [-0.25, -0.2) is 9.37 Å². The van der Waals surface area contributed by atoms with Gasteiger partial charge in [0, 0.05) is 42.1 Å². The van der Waals surface area contributed by atoms with Gasteiger partial charge in [0.15, 0.2) is 6.10 Å². The Morgan fingerprint density at radius 1 is 1.46 bits per heavy atom. The van der Waals surface area contributed by atoms with E-state index in [9.17, 15) is 9.18 Å². The summed E-state index contributed by atoms with van der Waals surface area (Å²) in [6.45, 7) is 3.44. The van der Waals surface area contributed by atoms with Gasteiger partial charge in [0.05, 0.1) is 5.01 Å². The van der Waals surface area contributed by atoms with Gasteiger partial charge in [-0.15, -0.1) is 11.3 Å². The lowest BCUT2D eigenvalue weighted by atomic mass is 9.98. The second-order valence-corrected chi connectivity index (χ2v) is 7.40. The van der Waals surface area contributed by atoms with Crippen LogP contribution >= 0.6 is 11.3 Å². The molecule has 1 fully saturated rings. The summed E-state index contributed by atoms with van der Waals surface area (Å²) in [6.07, 6.45) is 1.96. The molecular formula is C18H19FN2O2S. The number of halogens is 1. The number of piperidine rings is 1. The van der Waals surface area contributed by atoms with E-state index in [1.54, 1.807) is 17.4 Å². The molecule has 1 amide bonds. The van der Waals surface area contributed by atoms with Crippen molar-refractivity contribution in [2.45, 2.75) is 38.2 Å². The lowest BCUT2D eigenvalue weighted by Gasteiger charge is -2.33. The van der Waals surface area contributed by atoms with Crippen LogP contribution < -0.4 is 4.74 Å². The number of likely N-dealkylation sites (tertiary alicyclic amines) is 1. The molecule has 3 heterocycles. The highest BCUT2D eigenvalue weighted by atomic mass is 32.1. The number of hydrogen-bond acceptors (Lipinski definition) is 4. The molecule has 24 heavy (non-hydrogen) atoms. The molecular weight excluding hydrogens is 327 g/mol. The zero-order valence-corrected chi connectivity index (χ0v) is 14.3. The molecule has 2 atom stereocenters. The van der Waals surface area contributed by atoms with Crippen LogP contribution in [0.3, 0.4) is 0 Å². The Kier molecular flexibility index (Phi) is 4.00. The van der Waals surface area contributed by atoms with Gasteiger partial charge < -0.3 is 9.64 Å². The van der Waals surface area contributed by atoms with E-state index < -0.39 is 6.10 Å². The normalized spacial score (nSPS) is 23.0. The van der Waals surface area contributed by atoms with Crippen molar-refractivity contribution < 1.29 is 13.9 Å². The molecule has 6 heteroatoms. The second-order valence-electron chi connectivity index (χ2n) is 6.51. The molecule has 2 aromatic rings. The van der Waals surface area contributed by atoms with E-state index in [4.69, 9.17) is 4.74 Å². The Morgan fingerprint density at radius 3 is 3.12 bits per heavy atom. The summed E-state index contributed by atoms with van der Waals surface area (Å²) in [5.74, 6) is 0.647. The smallest absolute Gasteiger partial charge is 0.264 e. The molecule has 0 radical (unpaired) electrons. The number of carbonyl (C=O) groups is 1. The first kappa shape index (κ1) is 15.6. The fourth-order valence-electron chi connectivity index (χ4n) is 3.50. The van der Waals surface area contributed by atoms with Gasteiger partial charge in [-0.3, -0.25) is 4.79 Å². The molecule has 126 valence electrons. The van der Waals surface area contributed by atoms with Gasteiger partial charge in [0.2, 0.25) is 0 Å². The van der Waals surface area contributed by atoms with Crippen LogP contribution in [0.5, 0.6) is 5.75 Å². The SMILES string of the molecule is Cc1csc([C@H]2CCCN(C(=O)[C@@H]3Cc4cc(F)ccc4O3)C2)n1. The van der Waals surface area contributed by atoms with E-state index in [1.165, 1.54) is 12.1 Å². The molecule has 0 aliphatic carbocycles. The number of fused-ring (bicyclic) bond motifs is 1. The van der Waals surface area contributed by atoms with Crippen LogP contribution in [-0.4, -0.2) is 35.0 Å². The standard InChI is InChI=1S/C18H19FN2O2S/c1-11-10-24-17(20-11)12-3-2-6-21(9-12)18(22)16-8-13-7-14(19)4-5-15(13)23-16/h4-5,7,10,12,16H,2-3,6,8-9H2,1H3/t12-,16-/m0/s1. The summed E-state index contributed by atoms with van der Waals surface area (Å²) in [5.41, 5.74) is 1.81. The Balaban J connectivity index is 1.45. The fourth-order valence-corrected chi connectivity index (χ4v) is 4.42. The van der Waals surface area contributed by atoms with Crippen LogP contribution in [0.25, 0.3) is 0 Å². The molecule has 2 aliphatic heterocycles. The zero-order valence-electron chi connectivity index (χ0n) is 13.5. The van der Waals surface area contributed by atoms with E-state index in [2.05, 4.69) is 10.4 Å². The molecule has 1 aromatic carbocycles. The maximum absolute atomic E-state index is 13.3. The molecule has 0 bridgehead atoms. The molecule has 1 saturated heterocycles. The Bertz CT molecular complexity index is 776. The number of amides is 1. The molecule has 0 saturated carbocycles. The number of nitrogens with zero attached hydrogens (tertiary/aromatic N) is 2. The van der Waals surface area contributed by atoms with Crippen molar-refractivity contribution in [3.05, 3.63) is 45.7 Å². The van der Waals surface area contributed by atoms with Crippen LogP contribution in [0.1, 0.15) is 35.0 Å². The quantitative estimate of drug-likeness (QED) is 0.838. The molecule has 2 aliphatic rings. The van der Waals surface area contributed by atoms with E-state index in [-0.39, 0.29) is 11.7 Å². The van der Waals surface area contributed by atoms with Crippen LogP contribution in [0, 0.1) is 12.7 Å². The second kappa shape index (κ2) is 6.16. The maximum Gasteiger partial charge on any atom is 0.264 e. The highest BCUT2D eigenvalue weighted by molar-refractivity contribution is 7.09.